The molecule has 1 aliphatic rings. The molecule has 0 bridgehead atoms. The highest BCUT2D eigenvalue weighted by molar-refractivity contribution is 5.41. The van der Waals surface area contributed by atoms with Crippen LogP contribution in [0, 0.1) is 6.92 Å². The zero-order chi connectivity index (χ0) is 17.6. The standard InChI is InChI=1S/C20H23N5/c1-14-9-5-8-12-17(14)25-19(21-22-23-25)18-16-11-7-6-10-15(16)13-20(2,3)24(18)4/h5-12,18H,13H2,1-4H3/p+1/t18-/m0/s1. The highest BCUT2D eigenvalue weighted by Gasteiger charge is 2.44. The minimum absolute atomic E-state index is 0.106. The van der Waals surface area contributed by atoms with Crippen molar-refractivity contribution in [3.8, 4) is 5.69 Å². The number of aromatic nitrogens is 4. The Balaban J connectivity index is 1.91. The summed E-state index contributed by atoms with van der Waals surface area (Å²) in [5.41, 5.74) is 5.03. The molecular weight excluding hydrogens is 310 g/mol. The largest absolute Gasteiger partial charge is 0.320 e. The Morgan fingerprint density at radius 2 is 1.80 bits per heavy atom. The molecule has 1 aliphatic heterocycles. The number of fused-ring (bicyclic) bond motifs is 1. The van der Waals surface area contributed by atoms with Gasteiger partial charge in [-0.05, 0) is 48.4 Å². The van der Waals surface area contributed by atoms with Crippen LogP contribution >= 0.6 is 0 Å². The topological polar surface area (TPSA) is 48.0 Å². The van der Waals surface area contributed by atoms with Crippen LogP contribution < -0.4 is 4.90 Å². The van der Waals surface area contributed by atoms with E-state index in [4.69, 9.17) is 0 Å². The maximum Gasteiger partial charge on any atom is 0.219 e. The van der Waals surface area contributed by atoms with Crippen LogP contribution in [0.2, 0.25) is 0 Å². The van der Waals surface area contributed by atoms with E-state index >= 15 is 0 Å². The fourth-order valence-electron chi connectivity index (χ4n) is 3.90. The maximum absolute atomic E-state index is 4.45. The number of para-hydroxylation sites is 1. The highest BCUT2D eigenvalue weighted by atomic mass is 15.6. The molecule has 2 atom stereocenters. The third kappa shape index (κ3) is 2.55. The second-order valence-electron chi connectivity index (χ2n) is 7.61. The number of benzene rings is 2. The second-order valence-corrected chi connectivity index (χ2v) is 7.61. The Morgan fingerprint density at radius 1 is 1.08 bits per heavy atom. The van der Waals surface area contributed by atoms with Crippen LogP contribution in [-0.2, 0) is 6.42 Å². The lowest BCUT2D eigenvalue weighted by molar-refractivity contribution is -0.957. The summed E-state index contributed by atoms with van der Waals surface area (Å²) in [4.78, 5) is 1.41. The van der Waals surface area contributed by atoms with Gasteiger partial charge in [0.2, 0.25) is 5.82 Å². The van der Waals surface area contributed by atoms with E-state index < -0.39 is 0 Å². The number of hydrogen-bond acceptors (Lipinski definition) is 3. The number of hydrogen-bond donors (Lipinski definition) is 1. The van der Waals surface area contributed by atoms with Crippen LogP contribution in [0.4, 0.5) is 0 Å². The van der Waals surface area contributed by atoms with Crippen molar-refractivity contribution in [2.75, 3.05) is 7.05 Å². The molecule has 25 heavy (non-hydrogen) atoms. The number of rotatable bonds is 2. The first-order chi connectivity index (χ1) is 12.0. The van der Waals surface area contributed by atoms with Crippen molar-refractivity contribution in [3.63, 3.8) is 0 Å². The van der Waals surface area contributed by atoms with Crippen LogP contribution in [0.3, 0.4) is 0 Å². The summed E-state index contributed by atoms with van der Waals surface area (Å²) >= 11 is 0. The highest BCUT2D eigenvalue weighted by Crippen LogP contribution is 2.30. The van der Waals surface area contributed by atoms with Gasteiger partial charge in [-0.25, -0.2) is 0 Å². The Kier molecular flexibility index (Phi) is 3.69. The monoisotopic (exact) mass is 334 g/mol. The third-order valence-corrected chi connectivity index (χ3v) is 5.59. The minimum atomic E-state index is 0.106. The maximum atomic E-state index is 4.45. The minimum Gasteiger partial charge on any atom is -0.320 e. The molecule has 5 nitrogen and oxygen atoms in total. The Hall–Kier alpha value is -2.53. The average Bonchev–Trinajstić information content (AvgIpc) is 3.05. The summed E-state index contributed by atoms with van der Waals surface area (Å²) in [7, 11) is 2.25. The van der Waals surface area contributed by atoms with Gasteiger partial charge in [0, 0.05) is 12.0 Å². The fraction of sp³-hybridized carbons (Fsp3) is 0.350. The van der Waals surface area contributed by atoms with E-state index in [1.807, 2.05) is 16.8 Å². The van der Waals surface area contributed by atoms with Crippen molar-refractivity contribution >= 4 is 0 Å². The van der Waals surface area contributed by atoms with E-state index in [1.54, 1.807) is 0 Å². The molecule has 0 spiro atoms. The third-order valence-electron chi connectivity index (χ3n) is 5.59. The van der Waals surface area contributed by atoms with E-state index in [-0.39, 0.29) is 11.6 Å². The lowest BCUT2D eigenvalue weighted by atomic mass is 9.81. The molecule has 2 aromatic carbocycles. The fourth-order valence-corrected chi connectivity index (χ4v) is 3.90. The second kappa shape index (κ2) is 5.77. The van der Waals surface area contributed by atoms with Gasteiger partial charge in [-0.15, -0.1) is 5.10 Å². The van der Waals surface area contributed by atoms with E-state index in [2.05, 4.69) is 79.7 Å². The van der Waals surface area contributed by atoms with Gasteiger partial charge in [-0.2, -0.15) is 4.68 Å². The molecule has 1 unspecified atom stereocenters. The van der Waals surface area contributed by atoms with Gasteiger partial charge in [-0.3, -0.25) is 0 Å². The van der Waals surface area contributed by atoms with Crippen molar-refractivity contribution in [1.29, 1.82) is 0 Å². The molecule has 1 N–H and O–H groups in total. The molecule has 2 heterocycles. The Labute approximate surface area is 148 Å². The van der Waals surface area contributed by atoms with Crippen molar-refractivity contribution < 1.29 is 4.90 Å². The van der Waals surface area contributed by atoms with Crippen molar-refractivity contribution in [3.05, 3.63) is 71.0 Å². The summed E-state index contributed by atoms with van der Waals surface area (Å²) in [6, 6.07) is 17.0. The van der Waals surface area contributed by atoms with Crippen LogP contribution in [0.15, 0.2) is 48.5 Å². The molecular formula is C20H24N5+. The summed E-state index contributed by atoms with van der Waals surface area (Å²) < 4.78 is 1.90. The molecule has 5 heteroatoms. The average molecular weight is 334 g/mol. The molecule has 1 aromatic heterocycles. The quantitative estimate of drug-likeness (QED) is 0.779. The van der Waals surface area contributed by atoms with E-state index in [0.717, 1.165) is 23.5 Å². The summed E-state index contributed by atoms with van der Waals surface area (Å²) in [5, 5.41) is 12.8. The number of quaternary nitrogens is 1. The number of nitrogens with zero attached hydrogens (tertiary/aromatic N) is 4. The number of aryl methyl sites for hydroxylation is 1. The first kappa shape index (κ1) is 16.0. The molecule has 0 fully saturated rings. The van der Waals surface area contributed by atoms with Gasteiger partial charge in [-0.1, -0.05) is 42.5 Å². The Morgan fingerprint density at radius 3 is 2.60 bits per heavy atom. The molecule has 0 saturated carbocycles. The number of likely N-dealkylation sites (N-methyl/N-ethyl adjacent to an activating group) is 1. The normalized spacial score (nSPS) is 21.8. The van der Waals surface area contributed by atoms with Gasteiger partial charge in [0.15, 0.2) is 6.04 Å². The van der Waals surface area contributed by atoms with Gasteiger partial charge >= 0.3 is 0 Å². The summed E-state index contributed by atoms with van der Waals surface area (Å²) in [6.45, 7) is 6.72. The summed E-state index contributed by atoms with van der Waals surface area (Å²) in [5.74, 6) is 0.895. The van der Waals surface area contributed by atoms with Crippen molar-refractivity contribution in [2.24, 2.45) is 0 Å². The van der Waals surface area contributed by atoms with Gasteiger partial charge in [0.25, 0.3) is 0 Å². The van der Waals surface area contributed by atoms with Crippen LogP contribution in [0.5, 0.6) is 0 Å². The van der Waals surface area contributed by atoms with Crippen molar-refractivity contribution in [2.45, 2.75) is 38.8 Å². The van der Waals surface area contributed by atoms with Crippen LogP contribution in [-0.4, -0.2) is 32.8 Å². The molecule has 0 radical (unpaired) electrons. The van der Waals surface area contributed by atoms with Crippen LogP contribution in [0.1, 0.15) is 42.4 Å². The number of nitrogens with one attached hydrogen (secondary N) is 1. The Bertz CT molecular complexity index is 912. The molecule has 4 rings (SSSR count). The molecule has 0 amide bonds. The van der Waals surface area contributed by atoms with E-state index in [9.17, 15) is 0 Å². The zero-order valence-electron chi connectivity index (χ0n) is 15.2. The SMILES string of the molecule is Cc1ccccc1-n1nnnc1[C@@H]1c2ccccc2CC(C)(C)[NH+]1C. The van der Waals surface area contributed by atoms with E-state index in [0.29, 0.717) is 0 Å². The first-order valence-electron chi connectivity index (χ1n) is 8.75. The van der Waals surface area contributed by atoms with Crippen LogP contribution in [0.25, 0.3) is 5.69 Å². The lowest BCUT2D eigenvalue weighted by Gasteiger charge is -2.42. The predicted molar refractivity (Wildman–Crippen MR) is 96.8 cm³/mol. The van der Waals surface area contributed by atoms with Gasteiger partial charge < -0.3 is 4.90 Å². The number of tetrazole rings is 1. The lowest BCUT2D eigenvalue weighted by Crippen LogP contribution is -3.18. The predicted octanol–water partition coefficient (Wildman–Crippen LogP) is 1.91. The molecule has 3 aromatic rings. The zero-order valence-corrected chi connectivity index (χ0v) is 15.2. The smallest absolute Gasteiger partial charge is 0.219 e. The van der Waals surface area contributed by atoms with Gasteiger partial charge in [0.1, 0.15) is 0 Å². The molecule has 0 saturated heterocycles. The molecule has 128 valence electrons. The van der Waals surface area contributed by atoms with E-state index in [1.165, 1.54) is 16.0 Å². The summed E-state index contributed by atoms with van der Waals surface area (Å²) in [6.07, 6.45) is 1.05. The first-order valence-corrected chi connectivity index (χ1v) is 8.75. The molecule has 0 aliphatic carbocycles. The van der Waals surface area contributed by atoms with Crippen molar-refractivity contribution in [1.82, 2.24) is 20.2 Å². The van der Waals surface area contributed by atoms with Gasteiger partial charge in [0.05, 0.1) is 18.3 Å².